The van der Waals surface area contributed by atoms with Crippen molar-refractivity contribution in [1.29, 1.82) is 0 Å². The Morgan fingerprint density at radius 3 is 1.12 bits per heavy atom. The number of benzene rings is 2. The van der Waals surface area contributed by atoms with Gasteiger partial charge in [0.1, 0.15) is 0 Å². The summed E-state index contributed by atoms with van der Waals surface area (Å²) in [5.41, 5.74) is 0.549. The quantitative estimate of drug-likeness (QED) is 0.343. The van der Waals surface area contributed by atoms with Gasteiger partial charge in [-0.05, 0) is 24.3 Å². The van der Waals surface area contributed by atoms with Gasteiger partial charge in [0, 0.05) is 6.42 Å². The minimum atomic E-state index is -0.521. The average molecular weight is 464 g/mol. The zero-order valence-corrected chi connectivity index (χ0v) is 19.5. The SMILES string of the molecule is COC(=O)c1cc(OC)c(OCCCOc2c(OC)cc(C(=O)OC)cc2OC)c(OC)c1. The van der Waals surface area contributed by atoms with Gasteiger partial charge in [-0.25, -0.2) is 9.59 Å². The maximum atomic E-state index is 11.8. The molecule has 0 saturated carbocycles. The summed E-state index contributed by atoms with van der Waals surface area (Å²) in [4.78, 5) is 23.7. The number of hydrogen-bond donors (Lipinski definition) is 0. The average Bonchev–Trinajstić information content (AvgIpc) is 2.86. The number of esters is 2. The van der Waals surface area contributed by atoms with Gasteiger partial charge in [0.05, 0.1) is 67.0 Å². The first-order valence-electron chi connectivity index (χ1n) is 9.88. The van der Waals surface area contributed by atoms with Crippen LogP contribution in [0, 0.1) is 0 Å². The van der Waals surface area contributed by atoms with E-state index < -0.39 is 11.9 Å². The molecule has 0 bridgehead atoms. The second-order valence-electron chi connectivity index (χ2n) is 6.45. The molecular weight excluding hydrogens is 436 g/mol. The van der Waals surface area contributed by atoms with Gasteiger partial charge in [-0.2, -0.15) is 0 Å². The molecule has 0 atom stereocenters. The van der Waals surface area contributed by atoms with E-state index in [0.29, 0.717) is 40.9 Å². The predicted molar refractivity (Wildman–Crippen MR) is 117 cm³/mol. The van der Waals surface area contributed by atoms with Crippen molar-refractivity contribution in [3.63, 3.8) is 0 Å². The highest BCUT2D eigenvalue weighted by Gasteiger charge is 2.20. The van der Waals surface area contributed by atoms with E-state index in [1.165, 1.54) is 66.9 Å². The van der Waals surface area contributed by atoms with Crippen molar-refractivity contribution in [2.45, 2.75) is 6.42 Å². The lowest BCUT2D eigenvalue weighted by molar-refractivity contribution is 0.0591. The van der Waals surface area contributed by atoms with Crippen LogP contribution in [0.4, 0.5) is 0 Å². The van der Waals surface area contributed by atoms with E-state index in [1.807, 2.05) is 0 Å². The van der Waals surface area contributed by atoms with Gasteiger partial charge in [0.2, 0.25) is 11.5 Å². The van der Waals surface area contributed by atoms with Crippen LogP contribution in [0.15, 0.2) is 24.3 Å². The van der Waals surface area contributed by atoms with E-state index in [9.17, 15) is 9.59 Å². The van der Waals surface area contributed by atoms with Crippen LogP contribution in [-0.2, 0) is 9.47 Å². The Morgan fingerprint density at radius 2 is 0.879 bits per heavy atom. The van der Waals surface area contributed by atoms with E-state index in [0.717, 1.165) is 0 Å². The Hall–Kier alpha value is -3.82. The summed E-state index contributed by atoms with van der Waals surface area (Å²) in [6.45, 7) is 0.518. The fraction of sp³-hybridized carbons (Fsp3) is 0.391. The maximum Gasteiger partial charge on any atom is 0.338 e. The highest BCUT2D eigenvalue weighted by atomic mass is 16.6. The standard InChI is InChI=1S/C23H28O10/c1-26-16-10-14(22(24)30-5)11-17(27-2)20(16)32-8-7-9-33-21-18(28-3)12-15(23(25)31-6)13-19(21)29-4/h10-13H,7-9H2,1-6H3. The lowest BCUT2D eigenvalue weighted by atomic mass is 10.2. The third-order valence-electron chi connectivity index (χ3n) is 4.54. The highest BCUT2D eigenvalue weighted by molar-refractivity contribution is 5.91. The monoisotopic (exact) mass is 464 g/mol. The van der Waals surface area contributed by atoms with Crippen molar-refractivity contribution in [1.82, 2.24) is 0 Å². The normalized spacial score (nSPS) is 10.1. The molecule has 2 rings (SSSR count). The number of carbonyl (C=O) groups is 2. The molecule has 0 N–H and O–H groups in total. The Labute approximate surface area is 192 Å². The van der Waals surface area contributed by atoms with Crippen LogP contribution in [0.5, 0.6) is 34.5 Å². The first-order valence-corrected chi connectivity index (χ1v) is 9.88. The lowest BCUT2D eigenvalue weighted by Gasteiger charge is -2.17. The van der Waals surface area contributed by atoms with Crippen molar-refractivity contribution >= 4 is 11.9 Å². The zero-order chi connectivity index (χ0) is 24.4. The third kappa shape index (κ3) is 6.12. The molecule has 0 aliphatic rings. The Balaban J connectivity index is 2.08. The highest BCUT2D eigenvalue weighted by Crippen LogP contribution is 2.40. The summed E-state index contributed by atoms with van der Waals surface area (Å²) in [7, 11) is 8.42. The van der Waals surface area contributed by atoms with Gasteiger partial charge in [-0.3, -0.25) is 0 Å². The molecule has 0 spiro atoms. The van der Waals surface area contributed by atoms with Crippen molar-refractivity contribution in [2.75, 3.05) is 55.9 Å². The number of ether oxygens (including phenoxy) is 8. The largest absolute Gasteiger partial charge is 0.493 e. The van der Waals surface area contributed by atoms with Crippen molar-refractivity contribution in [2.24, 2.45) is 0 Å². The molecule has 0 radical (unpaired) electrons. The first kappa shape index (κ1) is 25.4. The molecule has 0 aliphatic heterocycles. The van der Waals surface area contributed by atoms with Gasteiger partial charge < -0.3 is 37.9 Å². The molecule has 180 valence electrons. The number of hydrogen-bond acceptors (Lipinski definition) is 10. The Bertz CT molecular complexity index is 842. The molecule has 2 aromatic carbocycles. The van der Waals surface area contributed by atoms with Crippen LogP contribution >= 0.6 is 0 Å². The molecule has 0 aromatic heterocycles. The van der Waals surface area contributed by atoms with Gasteiger partial charge in [-0.15, -0.1) is 0 Å². The van der Waals surface area contributed by atoms with E-state index in [4.69, 9.17) is 37.9 Å². The fourth-order valence-electron chi connectivity index (χ4n) is 2.92. The predicted octanol–water partition coefficient (Wildman–Crippen LogP) is 3.14. The minimum Gasteiger partial charge on any atom is -0.493 e. The Kier molecular flexibility index (Phi) is 9.46. The second kappa shape index (κ2) is 12.3. The van der Waals surface area contributed by atoms with Crippen LogP contribution < -0.4 is 28.4 Å². The molecule has 0 fully saturated rings. The molecule has 0 heterocycles. The first-order chi connectivity index (χ1) is 15.9. The minimum absolute atomic E-state index is 0.259. The summed E-state index contributed by atoms with van der Waals surface area (Å²) in [6, 6.07) is 6.05. The molecule has 0 unspecified atom stereocenters. The summed E-state index contributed by atoms with van der Waals surface area (Å²) in [5, 5.41) is 0. The number of methoxy groups -OCH3 is 6. The number of rotatable bonds is 12. The van der Waals surface area contributed by atoms with Crippen LogP contribution in [-0.4, -0.2) is 67.8 Å². The molecule has 0 amide bonds. The number of carbonyl (C=O) groups excluding carboxylic acids is 2. The smallest absolute Gasteiger partial charge is 0.338 e. The fourth-order valence-corrected chi connectivity index (χ4v) is 2.92. The maximum absolute atomic E-state index is 11.8. The van der Waals surface area contributed by atoms with Crippen LogP contribution in [0.1, 0.15) is 27.1 Å². The molecule has 2 aromatic rings. The topological polar surface area (TPSA) is 108 Å². The van der Waals surface area contributed by atoms with E-state index in [2.05, 4.69) is 0 Å². The van der Waals surface area contributed by atoms with Crippen LogP contribution in [0.2, 0.25) is 0 Å². The molecule has 33 heavy (non-hydrogen) atoms. The molecule has 0 aliphatic carbocycles. The van der Waals surface area contributed by atoms with E-state index >= 15 is 0 Å². The molecular formula is C23H28O10. The molecule has 10 heteroatoms. The lowest BCUT2D eigenvalue weighted by Crippen LogP contribution is -2.09. The second-order valence-corrected chi connectivity index (χ2v) is 6.45. The van der Waals surface area contributed by atoms with Crippen molar-refractivity contribution in [3.05, 3.63) is 35.4 Å². The van der Waals surface area contributed by atoms with Crippen molar-refractivity contribution < 1.29 is 47.5 Å². The van der Waals surface area contributed by atoms with Gasteiger partial charge in [-0.1, -0.05) is 0 Å². The van der Waals surface area contributed by atoms with E-state index in [1.54, 1.807) is 0 Å². The van der Waals surface area contributed by atoms with Crippen LogP contribution in [0.25, 0.3) is 0 Å². The summed E-state index contributed by atoms with van der Waals surface area (Å²) < 4.78 is 42.5. The molecule has 10 nitrogen and oxygen atoms in total. The third-order valence-corrected chi connectivity index (χ3v) is 4.54. The zero-order valence-electron chi connectivity index (χ0n) is 19.5. The summed E-state index contributed by atoms with van der Waals surface area (Å²) in [5.74, 6) is 0.987. The van der Waals surface area contributed by atoms with Gasteiger partial charge >= 0.3 is 11.9 Å². The Morgan fingerprint density at radius 1 is 0.576 bits per heavy atom. The van der Waals surface area contributed by atoms with Crippen LogP contribution in [0.3, 0.4) is 0 Å². The van der Waals surface area contributed by atoms with E-state index in [-0.39, 0.29) is 24.3 Å². The van der Waals surface area contributed by atoms with Gasteiger partial charge in [0.25, 0.3) is 0 Å². The molecule has 0 saturated heterocycles. The summed E-state index contributed by atoms with van der Waals surface area (Å²) >= 11 is 0. The van der Waals surface area contributed by atoms with Crippen molar-refractivity contribution in [3.8, 4) is 34.5 Å². The van der Waals surface area contributed by atoms with Gasteiger partial charge in [0.15, 0.2) is 23.0 Å². The summed E-state index contributed by atoms with van der Waals surface area (Å²) in [6.07, 6.45) is 0.482.